The van der Waals surface area contributed by atoms with Gasteiger partial charge in [-0.1, -0.05) is 36.0 Å². The number of nitrogens with zero attached hydrogens (tertiary/aromatic N) is 5. The van der Waals surface area contributed by atoms with E-state index in [4.69, 9.17) is 10.3 Å². The number of fused-ring (bicyclic) bond motifs is 1. The number of ether oxygens (including phenoxy) is 1. The van der Waals surface area contributed by atoms with Gasteiger partial charge in [0.15, 0.2) is 5.88 Å². The summed E-state index contributed by atoms with van der Waals surface area (Å²) in [5.41, 5.74) is 6.45. The molecule has 42 heavy (non-hydrogen) atoms. The highest BCUT2D eigenvalue weighted by atomic mass is 32.2. The fourth-order valence-electron chi connectivity index (χ4n) is 3.86. The molecule has 2 atom stereocenters. The molecule has 2 aliphatic heterocycles. The molecule has 1 fully saturated rings. The number of carbonyl (C=O) groups excluding carboxylic acids is 4. The summed E-state index contributed by atoms with van der Waals surface area (Å²) in [6, 6.07) is 5.74. The van der Waals surface area contributed by atoms with E-state index in [9.17, 15) is 40.8 Å². The van der Waals surface area contributed by atoms with Crippen molar-refractivity contribution < 1.29 is 50.1 Å². The number of alkyl halides is 3. The van der Waals surface area contributed by atoms with E-state index in [-0.39, 0.29) is 28.7 Å². The Balaban J connectivity index is 1.52. The van der Waals surface area contributed by atoms with Crippen LogP contribution < -0.4 is 11.1 Å². The van der Waals surface area contributed by atoms with Crippen molar-refractivity contribution in [2.75, 3.05) is 11.5 Å². The molecule has 1 aromatic carbocycles. The Morgan fingerprint density at radius 3 is 2.50 bits per heavy atom. The topological polar surface area (TPSA) is 217 Å². The first kappa shape index (κ1) is 31.4. The van der Waals surface area contributed by atoms with Crippen molar-refractivity contribution in [2.45, 2.75) is 41.6 Å². The zero-order valence-corrected chi connectivity index (χ0v) is 23.4. The lowest BCUT2D eigenvalue weighted by Gasteiger charge is -2.49. The molecule has 1 aromatic heterocycles. The van der Waals surface area contributed by atoms with Gasteiger partial charge < -0.3 is 15.8 Å². The zero-order chi connectivity index (χ0) is 30.8. The van der Waals surface area contributed by atoms with Gasteiger partial charge in [0.1, 0.15) is 17.1 Å². The van der Waals surface area contributed by atoms with E-state index in [0.717, 1.165) is 34.0 Å². The van der Waals surface area contributed by atoms with E-state index in [1.165, 1.54) is 0 Å². The molecular weight excluding hydrogens is 631 g/mol. The Kier molecular flexibility index (Phi) is 9.25. The SMILES string of the molecule is NCc1ccc(CC(=O)NC2C(=O)N3C(C(=O)OC(=O)C(F)(F)F)=C(CSc4nnnn4CS(=O)(=O)O)CSC23)cc1. The maximum absolute atomic E-state index is 13.1. The fraction of sp³-hybridized carbons (Fsp3) is 0.381. The Labute approximate surface area is 243 Å². The summed E-state index contributed by atoms with van der Waals surface area (Å²) in [6.45, 7) is 0.312. The van der Waals surface area contributed by atoms with Crippen LogP contribution in [0.4, 0.5) is 13.2 Å². The van der Waals surface area contributed by atoms with E-state index in [1.807, 2.05) is 0 Å². The molecule has 2 aliphatic rings. The fourth-order valence-corrected chi connectivity index (χ4v) is 6.79. The molecule has 2 amide bonds. The monoisotopic (exact) mass is 651 g/mol. The first-order valence-electron chi connectivity index (χ1n) is 11.6. The van der Waals surface area contributed by atoms with E-state index < -0.39 is 63.0 Å². The number of benzene rings is 1. The van der Waals surface area contributed by atoms with Gasteiger partial charge in [0.05, 0.1) is 6.42 Å². The highest BCUT2D eigenvalue weighted by Gasteiger charge is 2.55. The summed E-state index contributed by atoms with van der Waals surface area (Å²) in [5.74, 6) is -7.21. The van der Waals surface area contributed by atoms with E-state index >= 15 is 0 Å². The van der Waals surface area contributed by atoms with E-state index in [1.54, 1.807) is 24.3 Å². The number of tetrazole rings is 1. The van der Waals surface area contributed by atoms with E-state index in [2.05, 4.69) is 25.6 Å². The molecule has 0 radical (unpaired) electrons. The third kappa shape index (κ3) is 7.27. The quantitative estimate of drug-likeness (QED) is 0.0980. The van der Waals surface area contributed by atoms with Crippen LogP contribution >= 0.6 is 23.5 Å². The van der Waals surface area contributed by atoms with Crippen LogP contribution in [0.5, 0.6) is 0 Å². The van der Waals surface area contributed by atoms with Crippen LogP contribution in [0.3, 0.4) is 0 Å². The molecule has 0 spiro atoms. The minimum atomic E-state index is -5.50. The average Bonchev–Trinajstić information content (AvgIpc) is 3.34. The molecule has 1 saturated heterocycles. The Morgan fingerprint density at radius 2 is 1.88 bits per heavy atom. The molecule has 0 bridgehead atoms. The van der Waals surface area contributed by atoms with Crippen LogP contribution in [-0.4, -0.2) is 90.9 Å². The Hall–Kier alpha value is -3.53. The number of hydrogen-bond acceptors (Lipinski definition) is 13. The summed E-state index contributed by atoms with van der Waals surface area (Å²) in [6.07, 6.45) is -5.58. The third-order valence-corrected chi connectivity index (χ3v) is 8.71. The van der Waals surface area contributed by atoms with Crippen LogP contribution in [0.25, 0.3) is 0 Å². The highest BCUT2D eigenvalue weighted by Crippen LogP contribution is 2.42. The van der Waals surface area contributed by atoms with Gasteiger partial charge >= 0.3 is 18.1 Å². The second kappa shape index (κ2) is 12.4. The number of thioether (sulfide) groups is 2. The Morgan fingerprint density at radius 1 is 1.21 bits per heavy atom. The van der Waals surface area contributed by atoms with Crippen molar-refractivity contribution in [3.63, 3.8) is 0 Å². The largest absolute Gasteiger partial charge is 0.491 e. The van der Waals surface area contributed by atoms with E-state index in [0.29, 0.717) is 16.8 Å². The molecule has 21 heteroatoms. The standard InChI is InChI=1S/C21H20F3N7O8S3/c22-21(23,24)19(35)39-18(34)15-12(8-41-20-27-28-29-30(20)9-42(36,37)38)7-40-17-14(16(33)31(15)17)26-13(32)5-10-1-3-11(6-25)4-2-10/h1-4,14,17H,5-9,25H2,(H,26,32)(H,36,37,38). The molecule has 3 heterocycles. The summed E-state index contributed by atoms with van der Waals surface area (Å²) < 4.78 is 74.6. The number of rotatable bonds is 10. The predicted octanol–water partition coefficient (Wildman–Crippen LogP) is -0.402. The van der Waals surface area contributed by atoms with Gasteiger partial charge in [0.2, 0.25) is 11.1 Å². The van der Waals surface area contributed by atoms with Gasteiger partial charge in [-0.05, 0) is 27.1 Å². The minimum Gasteiger partial charge on any atom is -0.382 e. The highest BCUT2D eigenvalue weighted by molar-refractivity contribution is 8.01. The van der Waals surface area contributed by atoms with Gasteiger partial charge in [0, 0.05) is 18.1 Å². The van der Waals surface area contributed by atoms with Crippen LogP contribution in [0.15, 0.2) is 40.7 Å². The molecule has 226 valence electrons. The number of hydrogen-bond donors (Lipinski definition) is 3. The molecule has 4 N–H and O–H groups in total. The zero-order valence-electron chi connectivity index (χ0n) is 21.0. The number of nitrogens with one attached hydrogen (secondary N) is 1. The van der Waals surface area contributed by atoms with Crippen molar-refractivity contribution in [3.8, 4) is 0 Å². The van der Waals surface area contributed by atoms with Crippen molar-refractivity contribution in [2.24, 2.45) is 5.73 Å². The number of β-lactam (4-membered cyclic amide) rings is 1. The van der Waals surface area contributed by atoms with Gasteiger partial charge in [-0.25, -0.2) is 14.3 Å². The number of carbonyl (C=O) groups is 4. The van der Waals surface area contributed by atoms with Crippen molar-refractivity contribution in [1.82, 2.24) is 30.4 Å². The normalized spacial score (nSPS) is 18.8. The van der Waals surface area contributed by atoms with Gasteiger partial charge in [-0.15, -0.1) is 16.9 Å². The lowest BCUT2D eigenvalue weighted by Crippen LogP contribution is -2.70. The summed E-state index contributed by atoms with van der Waals surface area (Å²) >= 11 is 1.82. The second-order valence-corrected chi connectivity index (χ2v) is 12.2. The Bertz CT molecular complexity index is 1550. The predicted molar refractivity (Wildman–Crippen MR) is 137 cm³/mol. The number of aromatic nitrogens is 4. The lowest BCUT2D eigenvalue weighted by molar-refractivity contribution is -0.201. The number of halogens is 3. The second-order valence-electron chi connectivity index (χ2n) is 8.74. The minimum absolute atomic E-state index is 0.0424. The molecular formula is C21H20F3N7O8S3. The van der Waals surface area contributed by atoms with Gasteiger partial charge in [0.25, 0.3) is 16.0 Å². The number of nitrogens with two attached hydrogens (primary N) is 1. The third-order valence-electron chi connectivity index (χ3n) is 5.76. The average molecular weight is 652 g/mol. The lowest BCUT2D eigenvalue weighted by atomic mass is 10.0. The molecule has 4 rings (SSSR count). The van der Waals surface area contributed by atoms with Gasteiger partial charge in [-0.3, -0.25) is 19.0 Å². The first-order valence-corrected chi connectivity index (χ1v) is 15.2. The van der Waals surface area contributed by atoms with Crippen LogP contribution in [0, 0.1) is 0 Å². The smallest absolute Gasteiger partial charge is 0.382 e. The van der Waals surface area contributed by atoms with Crippen LogP contribution in [0.2, 0.25) is 0 Å². The van der Waals surface area contributed by atoms with Crippen LogP contribution in [-0.2, 0) is 52.9 Å². The maximum atomic E-state index is 13.1. The number of amides is 2. The van der Waals surface area contributed by atoms with Crippen LogP contribution in [0.1, 0.15) is 11.1 Å². The molecule has 15 nitrogen and oxygen atoms in total. The van der Waals surface area contributed by atoms with Crippen molar-refractivity contribution in [1.29, 1.82) is 0 Å². The summed E-state index contributed by atoms with van der Waals surface area (Å²) in [4.78, 5) is 50.7. The first-order chi connectivity index (χ1) is 19.7. The molecule has 0 aliphatic carbocycles. The maximum Gasteiger partial charge on any atom is 0.491 e. The van der Waals surface area contributed by atoms with Crippen molar-refractivity contribution >= 4 is 57.4 Å². The van der Waals surface area contributed by atoms with Gasteiger partial charge in [-0.2, -0.15) is 21.6 Å². The molecule has 0 saturated carbocycles. The summed E-state index contributed by atoms with van der Waals surface area (Å²) in [7, 11) is -4.54. The van der Waals surface area contributed by atoms with Crippen molar-refractivity contribution in [3.05, 3.63) is 46.7 Å². The number of esters is 2. The summed E-state index contributed by atoms with van der Waals surface area (Å²) in [5, 5.41) is 11.8. The molecule has 2 unspecified atom stereocenters. The molecule has 2 aromatic rings.